The van der Waals surface area contributed by atoms with Crippen LogP contribution in [-0.4, -0.2) is 0 Å². The summed E-state index contributed by atoms with van der Waals surface area (Å²) in [5.41, 5.74) is 0. The van der Waals surface area contributed by atoms with Gasteiger partial charge in [-0.25, -0.2) is 0 Å². The molecule has 0 aromatic carbocycles. The van der Waals surface area contributed by atoms with E-state index in [1.165, 1.54) is 51.4 Å². The van der Waals surface area contributed by atoms with Crippen molar-refractivity contribution in [1.29, 1.82) is 0 Å². The zero-order valence-corrected chi connectivity index (χ0v) is 8.73. The lowest BCUT2D eigenvalue weighted by Crippen LogP contribution is -2.07. The fourth-order valence-electron chi connectivity index (χ4n) is 1.78. The van der Waals surface area contributed by atoms with Crippen molar-refractivity contribution < 1.29 is 0 Å². The molecular weight excluding hydrogens is 144 g/mol. The van der Waals surface area contributed by atoms with Crippen molar-refractivity contribution in [1.82, 2.24) is 0 Å². The summed E-state index contributed by atoms with van der Waals surface area (Å²) < 4.78 is 0. The van der Waals surface area contributed by atoms with Gasteiger partial charge in [0, 0.05) is 0 Å². The summed E-state index contributed by atoms with van der Waals surface area (Å²) in [6.45, 7) is 4.64. The Morgan fingerprint density at radius 2 is 1.83 bits per heavy atom. The van der Waals surface area contributed by atoms with E-state index >= 15 is 0 Å². The predicted molar refractivity (Wildman–Crippen MR) is 55.0 cm³/mol. The predicted octanol–water partition coefficient (Wildman–Crippen LogP) is 4.35. The summed E-state index contributed by atoms with van der Waals surface area (Å²) in [6.07, 6.45) is 11.6. The van der Waals surface area contributed by atoms with Crippen molar-refractivity contribution in [3.63, 3.8) is 0 Å². The fraction of sp³-hybridized carbons (Fsp3) is 0.917. The quantitative estimate of drug-likeness (QED) is 0.516. The third-order valence-corrected chi connectivity index (χ3v) is 2.87. The molecule has 0 aromatic heterocycles. The monoisotopic (exact) mass is 167 g/mol. The molecule has 0 aliphatic heterocycles. The topological polar surface area (TPSA) is 0 Å². The number of unbranched alkanes of at least 4 members (excludes halogenated alkanes) is 2. The van der Waals surface area contributed by atoms with Crippen LogP contribution in [0, 0.1) is 11.8 Å². The minimum atomic E-state index is 0.904. The molecule has 1 aliphatic rings. The molecule has 0 N–H and O–H groups in total. The number of hydrogen-bond acceptors (Lipinski definition) is 0. The second-order valence-corrected chi connectivity index (χ2v) is 4.60. The van der Waals surface area contributed by atoms with Gasteiger partial charge < -0.3 is 0 Å². The minimum absolute atomic E-state index is 0.904. The van der Waals surface area contributed by atoms with Gasteiger partial charge in [0.15, 0.2) is 0 Å². The van der Waals surface area contributed by atoms with E-state index in [0.717, 1.165) is 5.92 Å². The van der Waals surface area contributed by atoms with Crippen molar-refractivity contribution in [3.05, 3.63) is 5.92 Å². The van der Waals surface area contributed by atoms with E-state index in [-0.39, 0.29) is 0 Å². The molecule has 0 saturated heterocycles. The van der Waals surface area contributed by atoms with Crippen molar-refractivity contribution in [2.75, 3.05) is 0 Å². The van der Waals surface area contributed by atoms with Gasteiger partial charge in [-0.2, -0.15) is 0 Å². The van der Waals surface area contributed by atoms with E-state index < -0.39 is 0 Å². The molecule has 0 amide bonds. The second-order valence-electron chi connectivity index (χ2n) is 4.60. The lowest BCUT2D eigenvalue weighted by atomic mass is 9.81. The van der Waals surface area contributed by atoms with Crippen LogP contribution in [0.2, 0.25) is 0 Å². The Morgan fingerprint density at radius 1 is 1.08 bits per heavy atom. The van der Waals surface area contributed by atoms with Gasteiger partial charge in [0.05, 0.1) is 0 Å². The average molecular weight is 167 g/mol. The molecule has 0 bridgehead atoms. The first-order chi connectivity index (χ1) is 5.79. The van der Waals surface area contributed by atoms with E-state index in [1.54, 1.807) is 0 Å². The van der Waals surface area contributed by atoms with Gasteiger partial charge in [-0.3, -0.25) is 0 Å². The van der Waals surface area contributed by atoms with Crippen LogP contribution in [0.5, 0.6) is 0 Å². The molecule has 0 spiro atoms. The third-order valence-electron chi connectivity index (χ3n) is 2.87. The maximum absolute atomic E-state index is 2.32. The Morgan fingerprint density at radius 3 is 2.33 bits per heavy atom. The maximum Gasteiger partial charge on any atom is -0.0241 e. The van der Waals surface area contributed by atoms with Crippen LogP contribution in [0.25, 0.3) is 0 Å². The zero-order valence-electron chi connectivity index (χ0n) is 8.73. The molecule has 12 heavy (non-hydrogen) atoms. The molecule has 0 aromatic rings. The first-order valence-electron chi connectivity index (χ1n) is 5.62. The lowest BCUT2D eigenvalue weighted by Gasteiger charge is -2.24. The van der Waals surface area contributed by atoms with E-state index in [4.69, 9.17) is 0 Å². The number of rotatable bonds is 6. The molecular formula is C12H23. The van der Waals surface area contributed by atoms with Crippen LogP contribution in [0.3, 0.4) is 0 Å². The highest BCUT2D eigenvalue weighted by Crippen LogP contribution is 2.33. The van der Waals surface area contributed by atoms with Gasteiger partial charge in [0.1, 0.15) is 0 Å². The van der Waals surface area contributed by atoms with Crippen molar-refractivity contribution in [2.24, 2.45) is 5.92 Å². The smallest absolute Gasteiger partial charge is 0.0241 e. The van der Waals surface area contributed by atoms with Gasteiger partial charge in [0.25, 0.3) is 0 Å². The lowest BCUT2D eigenvalue weighted by molar-refractivity contribution is 0.468. The highest BCUT2D eigenvalue weighted by atomic mass is 14.2. The van der Waals surface area contributed by atoms with Crippen LogP contribution in [-0.2, 0) is 0 Å². The Labute approximate surface area is 77.7 Å². The molecule has 1 saturated carbocycles. The molecule has 0 atom stereocenters. The van der Waals surface area contributed by atoms with Gasteiger partial charge in [-0.05, 0) is 31.1 Å². The maximum atomic E-state index is 2.32. The van der Waals surface area contributed by atoms with E-state index in [0.29, 0.717) is 0 Å². The fourth-order valence-corrected chi connectivity index (χ4v) is 1.78. The highest BCUT2D eigenvalue weighted by molar-refractivity contribution is 4.97. The molecule has 1 aliphatic carbocycles. The highest BCUT2D eigenvalue weighted by Gasteiger charge is 2.16. The number of hydrogen-bond donors (Lipinski definition) is 0. The molecule has 1 radical (unpaired) electrons. The largest absolute Gasteiger partial charge is 0.0628 e. The first kappa shape index (κ1) is 10.1. The first-order valence-corrected chi connectivity index (χ1v) is 5.62. The average Bonchev–Trinajstić information content (AvgIpc) is 1.92. The third kappa shape index (κ3) is 4.13. The van der Waals surface area contributed by atoms with E-state index in [1.807, 2.05) is 5.92 Å². The van der Waals surface area contributed by atoms with Crippen LogP contribution < -0.4 is 0 Å². The van der Waals surface area contributed by atoms with Gasteiger partial charge in [0.2, 0.25) is 0 Å². The molecule has 0 heteroatoms. The summed E-state index contributed by atoms with van der Waals surface area (Å²) in [4.78, 5) is 0. The standard InChI is InChI=1S/C12H23/c1-11(2)7-4-3-5-8-12-9-6-10-12/h11H,3-10H2,1-2H3. The molecule has 0 unspecified atom stereocenters. The van der Waals surface area contributed by atoms with Crippen molar-refractivity contribution >= 4 is 0 Å². The summed E-state index contributed by atoms with van der Waals surface area (Å²) in [5.74, 6) is 2.75. The molecule has 1 fully saturated rings. The summed E-state index contributed by atoms with van der Waals surface area (Å²) in [5, 5.41) is 0. The van der Waals surface area contributed by atoms with Gasteiger partial charge in [-0.1, -0.05) is 46.0 Å². The summed E-state index contributed by atoms with van der Waals surface area (Å²) in [7, 11) is 0. The van der Waals surface area contributed by atoms with Crippen LogP contribution in [0.4, 0.5) is 0 Å². The Hall–Kier alpha value is 0. The zero-order chi connectivity index (χ0) is 8.81. The van der Waals surface area contributed by atoms with Crippen molar-refractivity contribution in [3.8, 4) is 0 Å². The molecule has 0 heterocycles. The van der Waals surface area contributed by atoms with Crippen LogP contribution in [0.1, 0.15) is 65.2 Å². The summed E-state index contributed by atoms with van der Waals surface area (Å²) >= 11 is 0. The van der Waals surface area contributed by atoms with Crippen molar-refractivity contribution in [2.45, 2.75) is 65.2 Å². The Kier molecular flexibility index (Phi) is 4.72. The van der Waals surface area contributed by atoms with Crippen LogP contribution >= 0.6 is 0 Å². The minimum Gasteiger partial charge on any atom is -0.0628 e. The molecule has 1 rings (SSSR count). The second kappa shape index (κ2) is 5.61. The molecule has 71 valence electrons. The van der Waals surface area contributed by atoms with E-state index in [9.17, 15) is 0 Å². The Balaban J connectivity index is 1.76. The van der Waals surface area contributed by atoms with Crippen LogP contribution in [0.15, 0.2) is 0 Å². The van der Waals surface area contributed by atoms with Gasteiger partial charge in [-0.15, -0.1) is 0 Å². The molecule has 0 nitrogen and oxygen atoms in total. The summed E-state index contributed by atoms with van der Waals surface area (Å²) in [6, 6.07) is 0. The SMILES string of the molecule is CC(C)CCCCC[C]1CCC1. The Bertz CT molecular complexity index is 101. The normalized spacial score (nSPS) is 18.2. The van der Waals surface area contributed by atoms with Gasteiger partial charge >= 0.3 is 0 Å². The van der Waals surface area contributed by atoms with E-state index in [2.05, 4.69) is 13.8 Å².